The number of nitrogens with zero attached hydrogens (tertiary/aromatic N) is 6. The Kier molecular flexibility index (Phi) is 9.18. The Morgan fingerprint density at radius 2 is 0.636 bits per heavy atom. The second-order valence-corrected chi connectivity index (χ2v) is 5.21. The minimum atomic E-state index is -1.21. The van der Waals surface area contributed by atoms with Crippen LogP contribution in [0.25, 0.3) is 0 Å². The summed E-state index contributed by atoms with van der Waals surface area (Å²) in [7, 11) is 0. The minimum absolute atomic E-state index is 0. The van der Waals surface area contributed by atoms with Gasteiger partial charge in [-0.1, -0.05) is 0 Å². The Labute approximate surface area is 188 Å². The van der Waals surface area contributed by atoms with Crippen LogP contribution in [-0.2, 0) is 17.1 Å². The van der Waals surface area contributed by atoms with Gasteiger partial charge in [0.15, 0.2) is 0 Å². The summed E-state index contributed by atoms with van der Waals surface area (Å²) in [4.78, 5) is 55.5. The molecule has 0 spiro atoms. The first-order valence-electron chi connectivity index (χ1n) is 7.29. The molecule has 2 aromatic rings. The first kappa shape index (κ1) is 28.0. The molecule has 0 fully saturated rings. The molecule has 0 heterocycles. The molecule has 0 aliphatic heterocycles. The number of hydrogen-bond donors (Lipinski definition) is 2. The van der Waals surface area contributed by atoms with Crippen molar-refractivity contribution >= 4 is 34.1 Å². The van der Waals surface area contributed by atoms with Crippen molar-refractivity contribution in [1.29, 1.82) is 0 Å². The van der Waals surface area contributed by atoms with E-state index in [-0.39, 0.29) is 17.1 Å². The molecule has 33 heavy (non-hydrogen) atoms. The molecule has 0 amide bonds. The van der Waals surface area contributed by atoms with Crippen LogP contribution in [0.5, 0.6) is 11.5 Å². The molecule has 0 atom stereocenters. The third kappa shape index (κ3) is 6.47. The molecule has 0 saturated heterocycles. The van der Waals surface area contributed by atoms with E-state index in [1.807, 2.05) is 0 Å². The van der Waals surface area contributed by atoms with Crippen molar-refractivity contribution in [2.75, 3.05) is 0 Å². The molecule has 0 aliphatic rings. The molecule has 0 unspecified atom stereocenters. The number of benzene rings is 2. The first-order chi connectivity index (χ1) is 14.7. The van der Waals surface area contributed by atoms with Gasteiger partial charge in [-0.3, -0.25) is 60.7 Å². The molecule has 2 N–H and O–H groups in total. The van der Waals surface area contributed by atoms with Gasteiger partial charge >= 0.3 is 22.7 Å². The van der Waals surface area contributed by atoms with Crippen molar-refractivity contribution in [3.63, 3.8) is 0 Å². The van der Waals surface area contributed by atoms with Crippen LogP contribution < -0.4 is 0 Å². The molecule has 20 nitrogen and oxygen atoms in total. The molecular weight excluding hydrogens is 507 g/mol. The zero-order valence-electron chi connectivity index (χ0n) is 15.2. The van der Waals surface area contributed by atoms with Crippen LogP contribution in [0.2, 0.25) is 0 Å². The largest absolute Gasteiger partial charge is 0.497 e. The molecule has 0 aromatic heterocycles. The molecule has 0 aliphatic carbocycles. The van der Waals surface area contributed by atoms with Gasteiger partial charge in [-0.25, -0.2) is 0 Å². The second kappa shape index (κ2) is 10.8. The predicted octanol–water partition coefficient (Wildman–Crippen LogP) is 2.23. The Morgan fingerprint density at radius 1 is 0.455 bits per heavy atom. The third-order valence-corrected chi connectivity index (χ3v) is 3.32. The summed E-state index contributed by atoms with van der Waals surface area (Å²) in [6, 6.07) is 1.79. The number of non-ortho nitro benzene ring substituents is 2. The Bertz CT molecular complexity index is 1020. The Morgan fingerprint density at radius 3 is 0.758 bits per heavy atom. The molecule has 0 bridgehead atoms. The number of hydrogen-bond acceptors (Lipinski definition) is 14. The topological polar surface area (TPSA) is 299 Å². The molecule has 1 radical (unpaired) electrons. The second-order valence-electron chi connectivity index (χ2n) is 5.21. The number of aromatic hydroxyl groups is 2. The van der Waals surface area contributed by atoms with Gasteiger partial charge in [0, 0.05) is 17.1 Å². The van der Waals surface area contributed by atoms with Gasteiger partial charge in [-0.05, 0) is 0 Å². The van der Waals surface area contributed by atoms with Crippen LogP contribution in [0.3, 0.4) is 0 Å². The molecule has 0 saturated carbocycles. The van der Waals surface area contributed by atoms with Crippen molar-refractivity contribution in [2.24, 2.45) is 0 Å². The first-order valence-corrected chi connectivity index (χ1v) is 7.29. The summed E-state index contributed by atoms with van der Waals surface area (Å²) < 4.78 is 0. The number of phenols is 2. The van der Waals surface area contributed by atoms with Crippen LogP contribution in [0, 0.1) is 60.7 Å². The average molecular weight is 513 g/mol. The summed E-state index contributed by atoms with van der Waals surface area (Å²) in [6.07, 6.45) is 0. The summed E-state index contributed by atoms with van der Waals surface area (Å²) in [5.74, 6) is -2.42. The Hall–Kier alpha value is -5.04. The quantitative estimate of drug-likeness (QED) is 0.318. The predicted molar refractivity (Wildman–Crippen MR) is 96.1 cm³/mol. The van der Waals surface area contributed by atoms with Crippen LogP contribution in [0.15, 0.2) is 24.3 Å². The summed E-state index contributed by atoms with van der Waals surface area (Å²) in [5, 5.41) is 80.4. The van der Waals surface area contributed by atoms with E-state index in [1.54, 1.807) is 0 Å². The zero-order valence-corrected chi connectivity index (χ0v) is 16.3. The van der Waals surface area contributed by atoms with E-state index in [2.05, 4.69) is 0 Å². The van der Waals surface area contributed by atoms with E-state index in [9.17, 15) is 60.7 Å². The number of rotatable bonds is 6. The van der Waals surface area contributed by atoms with Crippen LogP contribution in [0.4, 0.5) is 34.1 Å². The van der Waals surface area contributed by atoms with Gasteiger partial charge in [-0.15, -0.1) is 0 Å². The van der Waals surface area contributed by atoms with Gasteiger partial charge in [0.25, 0.3) is 22.9 Å². The number of nitro groups is 6. The van der Waals surface area contributed by atoms with E-state index < -0.39 is 75.2 Å². The maximum Gasteiger partial charge on any atom is 0.324 e. The molecule has 2 aromatic carbocycles. The fourth-order valence-electron chi connectivity index (χ4n) is 1.95. The molecule has 175 valence electrons. The third-order valence-electron chi connectivity index (χ3n) is 3.32. The minimum Gasteiger partial charge on any atom is -0.497 e. The molecular formula is C12H6MnN6O14. The van der Waals surface area contributed by atoms with Gasteiger partial charge in [0.05, 0.1) is 53.8 Å². The van der Waals surface area contributed by atoms with Crippen molar-refractivity contribution < 1.29 is 56.8 Å². The SMILES string of the molecule is O=[N+]([O-])c1cc([N+](=O)[O-])c(O)c([N+](=O)[O-])c1.O=[N+]([O-])c1cc([N+](=O)[O-])c(O)c([N+](=O)[O-])c1.[Mn]. The number of phenolic OH excluding ortho intramolecular Hbond substituents is 2. The Balaban J connectivity index is 0.000000602. The molecule has 21 heteroatoms. The van der Waals surface area contributed by atoms with Crippen molar-refractivity contribution in [3.05, 3.63) is 85.0 Å². The van der Waals surface area contributed by atoms with Gasteiger partial charge in [0.1, 0.15) is 0 Å². The van der Waals surface area contributed by atoms with Crippen molar-refractivity contribution in [2.45, 2.75) is 0 Å². The van der Waals surface area contributed by atoms with E-state index in [4.69, 9.17) is 10.2 Å². The van der Waals surface area contributed by atoms with E-state index >= 15 is 0 Å². The normalized spacial score (nSPS) is 9.45. The van der Waals surface area contributed by atoms with E-state index in [0.717, 1.165) is 0 Å². The van der Waals surface area contributed by atoms with Gasteiger partial charge < -0.3 is 10.2 Å². The number of nitro benzene ring substituents is 6. The van der Waals surface area contributed by atoms with E-state index in [0.29, 0.717) is 24.3 Å². The van der Waals surface area contributed by atoms with Crippen LogP contribution in [-0.4, -0.2) is 39.8 Å². The summed E-state index contributed by atoms with van der Waals surface area (Å²) >= 11 is 0. The smallest absolute Gasteiger partial charge is 0.324 e. The summed E-state index contributed by atoms with van der Waals surface area (Å²) in [6.45, 7) is 0. The van der Waals surface area contributed by atoms with Crippen molar-refractivity contribution in [1.82, 2.24) is 0 Å². The van der Waals surface area contributed by atoms with Gasteiger partial charge in [-0.2, -0.15) is 0 Å². The zero-order chi connectivity index (χ0) is 24.9. The monoisotopic (exact) mass is 513 g/mol. The molecule has 2 rings (SSSR count). The van der Waals surface area contributed by atoms with Crippen LogP contribution in [0.1, 0.15) is 0 Å². The van der Waals surface area contributed by atoms with Crippen molar-refractivity contribution in [3.8, 4) is 11.5 Å². The summed E-state index contributed by atoms with van der Waals surface area (Å²) in [5.41, 5.74) is -6.00. The van der Waals surface area contributed by atoms with Gasteiger partial charge in [0.2, 0.25) is 0 Å². The van der Waals surface area contributed by atoms with E-state index in [1.165, 1.54) is 0 Å². The maximum absolute atomic E-state index is 10.4. The standard InChI is InChI=1S/2C6H3N3O7.Mn/c2*10-6-4(8(13)14)1-3(7(11)12)2-5(6)9(15)16;/h2*1-2,10H;. The maximum atomic E-state index is 10.4. The fraction of sp³-hybridized carbons (Fsp3) is 0. The fourth-order valence-corrected chi connectivity index (χ4v) is 1.95. The van der Waals surface area contributed by atoms with Crippen LogP contribution >= 0.6 is 0 Å². The average Bonchev–Trinajstić information content (AvgIpc) is 2.67.